The minimum Gasteiger partial charge on any atom is -0.364 e. The molecule has 2 aromatic rings. The maximum absolute atomic E-state index is 5.98. The molecule has 0 radical (unpaired) electrons. The van der Waals surface area contributed by atoms with Crippen LogP contribution in [0.3, 0.4) is 0 Å². The zero-order valence-corrected chi connectivity index (χ0v) is 13.5. The summed E-state index contributed by atoms with van der Waals surface area (Å²) in [6, 6.07) is 21.5. The molecule has 0 saturated carbocycles. The van der Waals surface area contributed by atoms with Crippen molar-refractivity contribution in [1.82, 2.24) is 0 Å². The van der Waals surface area contributed by atoms with E-state index >= 15 is 0 Å². The molecule has 0 amide bonds. The average molecular weight is 298 g/mol. The molecule has 0 N–H and O–H groups in total. The van der Waals surface area contributed by atoms with Crippen molar-refractivity contribution >= 4 is 11.8 Å². The molecule has 1 aliphatic heterocycles. The van der Waals surface area contributed by atoms with Crippen LogP contribution < -0.4 is 0 Å². The molecule has 0 spiro atoms. The quantitative estimate of drug-likeness (QED) is 0.717. The predicted molar refractivity (Wildman–Crippen MR) is 90.8 cm³/mol. The van der Waals surface area contributed by atoms with E-state index in [1.807, 2.05) is 11.8 Å². The van der Waals surface area contributed by atoms with E-state index in [0.717, 1.165) is 12.4 Å². The van der Waals surface area contributed by atoms with Crippen LogP contribution in [0.25, 0.3) is 0 Å². The Morgan fingerprint density at radius 1 is 1.05 bits per heavy atom. The van der Waals surface area contributed by atoms with Crippen molar-refractivity contribution in [3.63, 3.8) is 0 Å². The van der Waals surface area contributed by atoms with E-state index in [2.05, 4.69) is 73.8 Å². The molecule has 1 saturated heterocycles. The maximum Gasteiger partial charge on any atom is 0.120 e. The summed E-state index contributed by atoms with van der Waals surface area (Å²) in [4.78, 5) is 0. The van der Waals surface area contributed by atoms with Gasteiger partial charge in [-0.15, -0.1) is 0 Å². The van der Waals surface area contributed by atoms with Gasteiger partial charge in [-0.25, -0.2) is 0 Å². The van der Waals surface area contributed by atoms with Gasteiger partial charge in [-0.05, 0) is 29.2 Å². The first kappa shape index (κ1) is 14.7. The molecule has 0 aliphatic carbocycles. The fraction of sp³-hybridized carbons (Fsp3) is 0.368. The van der Waals surface area contributed by atoms with Crippen molar-refractivity contribution in [3.05, 3.63) is 71.8 Å². The number of hydrogen-bond acceptors (Lipinski definition) is 2. The molecule has 1 heterocycles. The predicted octanol–water partition coefficient (Wildman–Crippen LogP) is 4.70. The van der Waals surface area contributed by atoms with E-state index in [9.17, 15) is 0 Å². The third-order valence-electron chi connectivity index (χ3n) is 4.63. The van der Waals surface area contributed by atoms with Crippen LogP contribution in [-0.2, 0) is 10.3 Å². The molecule has 1 nitrogen and oxygen atoms in total. The lowest BCUT2D eigenvalue weighted by Gasteiger charge is -2.29. The molecular formula is C19H22OS. The standard InChI is InChI=1S/C19H22OS/c1-15(18(13-21-2)16-9-5-3-6-10-16)19(14-20-19)17-11-7-4-8-12-17/h3-12,15,18H,13-14H2,1-2H3. The van der Waals surface area contributed by atoms with Gasteiger partial charge in [-0.3, -0.25) is 0 Å². The third-order valence-corrected chi connectivity index (χ3v) is 5.32. The van der Waals surface area contributed by atoms with Crippen LogP contribution in [0, 0.1) is 5.92 Å². The van der Waals surface area contributed by atoms with E-state index in [1.165, 1.54) is 11.1 Å². The van der Waals surface area contributed by atoms with Gasteiger partial charge in [0, 0.05) is 5.75 Å². The summed E-state index contributed by atoms with van der Waals surface area (Å²) in [5.41, 5.74) is 2.65. The Labute approximate surface area is 131 Å². The summed E-state index contributed by atoms with van der Waals surface area (Å²) in [6.45, 7) is 3.18. The fourth-order valence-electron chi connectivity index (χ4n) is 3.22. The lowest BCUT2D eigenvalue weighted by Crippen LogP contribution is -2.27. The Hall–Kier alpha value is -1.25. The van der Waals surface area contributed by atoms with Crippen molar-refractivity contribution in [2.75, 3.05) is 18.6 Å². The molecular weight excluding hydrogens is 276 g/mol. The third kappa shape index (κ3) is 2.88. The molecule has 21 heavy (non-hydrogen) atoms. The summed E-state index contributed by atoms with van der Waals surface area (Å²) in [7, 11) is 0. The highest BCUT2D eigenvalue weighted by atomic mass is 32.2. The van der Waals surface area contributed by atoms with Gasteiger partial charge >= 0.3 is 0 Å². The van der Waals surface area contributed by atoms with E-state index in [1.54, 1.807) is 0 Å². The van der Waals surface area contributed by atoms with Gasteiger partial charge in [0.1, 0.15) is 5.60 Å². The van der Waals surface area contributed by atoms with Crippen molar-refractivity contribution in [1.29, 1.82) is 0 Å². The number of hydrogen-bond donors (Lipinski definition) is 0. The molecule has 1 aliphatic rings. The van der Waals surface area contributed by atoms with Crippen LogP contribution in [0.2, 0.25) is 0 Å². The Morgan fingerprint density at radius 3 is 2.14 bits per heavy atom. The molecule has 0 aromatic heterocycles. The summed E-state index contributed by atoms with van der Waals surface area (Å²) in [5, 5.41) is 0. The molecule has 0 bridgehead atoms. The van der Waals surface area contributed by atoms with Gasteiger partial charge in [0.05, 0.1) is 6.61 Å². The molecule has 3 atom stereocenters. The van der Waals surface area contributed by atoms with E-state index in [4.69, 9.17) is 4.74 Å². The van der Waals surface area contributed by atoms with Crippen LogP contribution in [0.15, 0.2) is 60.7 Å². The topological polar surface area (TPSA) is 12.5 Å². The summed E-state index contributed by atoms with van der Waals surface area (Å²) >= 11 is 1.92. The summed E-state index contributed by atoms with van der Waals surface area (Å²) in [5.74, 6) is 2.11. The summed E-state index contributed by atoms with van der Waals surface area (Å²) < 4.78 is 5.98. The second-order valence-corrected chi connectivity index (χ2v) is 6.72. The Balaban J connectivity index is 1.90. The molecule has 3 rings (SSSR count). The Kier molecular flexibility index (Phi) is 4.37. The SMILES string of the molecule is CSCC(c1ccccc1)C(C)C1(c2ccccc2)CO1. The molecule has 3 unspecified atom stereocenters. The van der Waals surface area contributed by atoms with E-state index in [0.29, 0.717) is 11.8 Å². The minimum atomic E-state index is -0.0858. The first-order valence-electron chi connectivity index (χ1n) is 7.51. The fourth-order valence-corrected chi connectivity index (χ4v) is 4.06. The first-order chi connectivity index (χ1) is 10.3. The highest BCUT2D eigenvalue weighted by molar-refractivity contribution is 7.98. The highest BCUT2D eigenvalue weighted by Crippen LogP contribution is 2.51. The van der Waals surface area contributed by atoms with Crippen molar-refractivity contribution in [2.24, 2.45) is 5.92 Å². The van der Waals surface area contributed by atoms with Gasteiger partial charge < -0.3 is 4.74 Å². The number of rotatable bonds is 6. The number of epoxide rings is 1. The zero-order chi connectivity index (χ0) is 14.7. The van der Waals surface area contributed by atoms with E-state index in [-0.39, 0.29) is 5.60 Å². The summed E-state index contributed by atoms with van der Waals surface area (Å²) in [6.07, 6.45) is 2.19. The molecule has 2 aromatic carbocycles. The van der Waals surface area contributed by atoms with Crippen LogP contribution in [0.4, 0.5) is 0 Å². The second kappa shape index (κ2) is 6.25. The Morgan fingerprint density at radius 2 is 1.62 bits per heavy atom. The van der Waals surface area contributed by atoms with Crippen molar-refractivity contribution < 1.29 is 4.74 Å². The van der Waals surface area contributed by atoms with Gasteiger partial charge in [-0.2, -0.15) is 11.8 Å². The highest BCUT2D eigenvalue weighted by Gasteiger charge is 2.53. The van der Waals surface area contributed by atoms with Gasteiger partial charge in [-0.1, -0.05) is 67.6 Å². The monoisotopic (exact) mass is 298 g/mol. The van der Waals surface area contributed by atoms with E-state index < -0.39 is 0 Å². The smallest absolute Gasteiger partial charge is 0.120 e. The van der Waals surface area contributed by atoms with Gasteiger partial charge in [0.25, 0.3) is 0 Å². The molecule has 1 fully saturated rings. The normalized spacial score (nSPS) is 23.5. The second-order valence-electron chi connectivity index (χ2n) is 5.81. The van der Waals surface area contributed by atoms with Crippen LogP contribution in [0.1, 0.15) is 24.0 Å². The van der Waals surface area contributed by atoms with Gasteiger partial charge in [0.2, 0.25) is 0 Å². The van der Waals surface area contributed by atoms with Gasteiger partial charge in [0.15, 0.2) is 0 Å². The lowest BCUT2D eigenvalue weighted by molar-refractivity contribution is 0.210. The number of benzene rings is 2. The van der Waals surface area contributed by atoms with Crippen molar-refractivity contribution in [3.8, 4) is 0 Å². The molecule has 2 heteroatoms. The zero-order valence-electron chi connectivity index (χ0n) is 12.7. The first-order valence-corrected chi connectivity index (χ1v) is 8.90. The van der Waals surface area contributed by atoms with Crippen molar-refractivity contribution in [2.45, 2.75) is 18.4 Å². The maximum atomic E-state index is 5.98. The average Bonchev–Trinajstić information content (AvgIpc) is 3.35. The minimum absolute atomic E-state index is 0.0858. The molecule has 110 valence electrons. The number of thioether (sulfide) groups is 1. The van der Waals surface area contributed by atoms with Crippen LogP contribution >= 0.6 is 11.8 Å². The van der Waals surface area contributed by atoms with Crippen LogP contribution in [0.5, 0.6) is 0 Å². The largest absolute Gasteiger partial charge is 0.364 e. The Bertz CT molecular complexity index is 563. The lowest BCUT2D eigenvalue weighted by atomic mass is 9.77. The van der Waals surface area contributed by atoms with Crippen LogP contribution in [-0.4, -0.2) is 18.6 Å². The number of ether oxygens (including phenoxy) is 1.